The van der Waals surface area contributed by atoms with Crippen LogP contribution >= 0.6 is 0 Å². The Morgan fingerprint density at radius 3 is 2.18 bits per heavy atom. The number of rotatable bonds is 1. The van der Waals surface area contributed by atoms with Crippen LogP contribution in [0.15, 0.2) is 71.1 Å². The lowest BCUT2D eigenvalue weighted by Gasteiger charge is -1.91. The van der Waals surface area contributed by atoms with Gasteiger partial charge in [-0.1, -0.05) is 30.3 Å². The van der Waals surface area contributed by atoms with E-state index >= 15 is 0 Å². The molecule has 0 aliphatic heterocycles. The predicted octanol–water partition coefficient (Wildman–Crippen LogP) is 1.38. The van der Waals surface area contributed by atoms with Crippen LogP contribution in [0.1, 0.15) is 0 Å². The van der Waals surface area contributed by atoms with Crippen LogP contribution in [0.3, 0.4) is 0 Å². The summed E-state index contributed by atoms with van der Waals surface area (Å²) in [5.41, 5.74) is 2.03. The Bertz CT molecular complexity index is 620. The fraction of sp³-hybridized carbons (Fsp3) is 0. The van der Waals surface area contributed by atoms with Gasteiger partial charge in [-0.2, -0.15) is 0 Å². The Morgan fingerprint density at radius 2 is 1.35 bits per heavy atom. The van der Waals surface area contributed by atoms with Crippen LogP contribution in [0, 0.1) is 0 Å². The number of para-hydroxylation sites is 1. The molecule has 1 nitrogen and oxygen atoms in total. The van der Waals surface area contributed by atoms with Gasteiger partial charge in [0.2, 0.25) is 0 Å². The van der Waals surface area contributed by atoms with E-state index in [-0.39, 0.29) is 17.0 Å². The molecule has 17 heavy (non-hydrogen) atoms. The van der Waals surface area contributed by atoms with Crippen molar-refractivity contribution < 1.29 is 21.4 Å². The van der Waals surface area contributed by atoms with E-state index in [2.05, 4.69) is 6.07 Å². The Hall–Kier alpha value is -1.67. The SMILES string of the molecule is [Br-].c1ccc(-c2ccc3ccccc3[o+]2)cc1. The van der Waals surface area contributed by atoms with Gasteiger partial charge in [-0.3, -0.25) is 0 Å². The van der Waals surface area contributed by atoms with Gasteiger partial charge in [0.25, 0.3) is 0 Å². The first kappa shape index (κ1) is 11.8. The summed E-state index contributed by atoms with van der Waals surface area (Å²) in [6, 6.07) is 22.3. The predicted molar refractivity (Wildman–Crippen MR) is 66.1 cm³/mol. The van der Waals surface area contributed by atoms with Crippen LogP contribution in [0.4, 0.5) is 0 Å². The summed E-state index contributed by atoms with van der Waals surface area (Å²) < 4.78 is 5.85. The van der Waals surface area contributed by atoms with Gasteiger partial charge in [0.1, 0.15) is 0 Å². The lowest BCUT2D eigenvalue weighted by molar-refractivity contribution is -0.00000357. The van der Waals surface area contributed by atoms with Crippen molar-refractivity contribution in [3.05, 3.63) is 66.7 Å². The third kappa shape index (κ3) is 2.37. The summed E-state index contributed by atoms with van der Waals surface area (Å²) in [5, 5.41) is 1.13. The van der Waals surface area contributed by atoms with Gasteiger partial charge >= 0.3 is 11.3 Å². The molecule has 0 aliphatic rings. The second-order valence-electron chi connectivity index (χ2n) is 3.70. The van der Waals surface area contributed by atoms with Crippen LogP contribution < -0.4 is 17.0 Å². The molecule has 0 saturated carbocycles. The highest BCUT2D eigenvalue weighted by atomic mass is 79.9. The van der Waals surface area contributed by atoms with Gasteiger partial charge in [-0.05, 0) is 24.3 Å². The van der Waals surface area contributed by atoms with Crippen molar-refractivity contribution >= 4 is 11.0 Å². The maximum Gasteiger partial charge on any atom is 0.360 e. The zero-order valence-corrected chi connectivity index (χ0v) is 10.7. The highest BCUT2D eigenvalue weighted by molar-refractivity contribution is 5.78. The van der Waals surface area contributed by atoms with Gasteiger partial charge in [0.15, 0.2) is 0 Å². The van der Waals surface area contributed by atoms with Crippen LogP contribution in [0.5, 0.6) is 0 Å². The summed E-state index contributed by atoms with van der Waals surface area (Å²) in [5.74, 6) is 0.902. The number of benzene rings is 2. The first-order valence-electron chi connectivity index (χ1n) is 5.31. The molecule has 0 N–H and O–H groups in total. The second-order valence-corrected chi connectivity index (χ2v) is 3.70. The molecule has 0 saturated heterocycles. The van der Waals surface area contributed by atoms with Gasteiger partial charge in [-0.15, -0.1) is 0 Å². The molecule has 84 valence electrons. The third-order valence-corrected chi connectivity index (χ3v) is 2.61. The number of hydrogen-bond acceptors (Lipinski definition) is 0. The van der Waals surface area contributed by atoms with E-state index in [1.807, 2.05) is 60.7 Å². The van der Waals surface area contributed by atoms with E-state index in [9.17, 15) is 0 Å². The lowest BCUT2D eigenvalue weighted by Crippen LogP contribution is -3.00. The monoisotopic (exact) mass is 286 g/mol. The average Bonchev–Trinajstić information content (AvgIpc) is 2.39. The number of halogens is 1. The van der Waals surface area contributed by atoms with Crippen molar-refractivity contribution in [1.82, 2.24) is 0 Å². The van der Waals surface area contributed by atoms with Gasteiger partial charge in [0, 0.05) is 12.1 Å². The second kappa shape index (κ2) is 5.11. The Labute approximate surface area is 110 Å². The molecule has 1 aromatic heterocycles. The molecule has 0 fully saturated rings. The molecule has 0 amide bonds. The zero-order chi connectivity index (χ0) is 10.8. The minimum atomic E-state index is 0. The van der Waals surface area contributed by atoms with E-state index < -0.39 is 0 Å². The highest BCUT2D eigenvalue weighted by Gasteiger charge is 2.12. The molecule has 2 aromatic carbocycles. The summed E-state index contributed by atoms with van der Waals surface area (Å²) in [6.45, 7) is 0. The summed E-state index contributed by atoms with van der Waals surface area (Å²) in [4.78, 5) is 0. The molecule has 2 heteroatoms. The lowest BCUT2D eigenvalue weighted by atomic mass is 10.1. The van der Waals surface area contributed by atoms with Crippen molar-refractivity contribution in [3.63, 3.8) is 0 Å². The van der Waals surface area contributed by atoms with Crippen molar-refractivity contribution in [3.8, 4) is 11.3 Å². The van der Waals surface area contributed by atoms with Gasteiger partial charge in [0.05, 0.1) is 10.9 Å². The minimum absolute atomic E-state index is 0. The first-order chi connectivity index (χ1) is 7.93. The summed E-state index contributed by atoms with van der Waals surface area (Å²) in [7, 11) is 0. The fourth-order valence-electron chi connectivity index (χ4n) is 1.79. The van der Waals surface area contributed by atoms with Crippen molar-refractivity contribution in [2.45, 2.75) is 0 Å². The fourth-order valence-corrected chi connectivity index (χ4v) is 1.79. The maximum absolute atomic E-state index is 5.85. The van der Waals surface area contributed by atoms with Gasteiger partial charge in [-0.25, -0.2) is 4.42 Å². The zero-order valence-electron chi connectivity index (χ0n) is 9.14. The van der Waals surface area contributed by atoms with E-state index in [1.54, 1.807) is 0 Å². The standard InChI is InChI=1S/C15H11O.BrH/c1-2-6-12(7-3-1)15-11-10-13-8-4-5-9-14(13)16-15;/h1-11H;1H/q+1;/p-1. The summed E-state index contributed by atoms with van der Waals surface area (Å²) >= 11 is 0. The van der Waals surface area contributed by atoms with Crippen LogP contribution in [0.2, 0.25) is 0 Å². The molecular weight excluding hydrogens is 276 g/mol. The van der Waals surface area contributed by atoms with Crippen molar-refractivity contribution in [1.29, 1.82) is 0 Å². The van der Waals surface area contributed by atoms with E-state index in [1.165, 1.54) is 0 Å². The van der Waals surface area contributed by atoms with Crippen molar-refractivity contribution in [2.75, 3.05) is 0 Å². The maximum atomic E-state index is 5.85. The molecule has 1 heterocycles. The molecular formula is C15H11BrO. The van der Waals surface area contributed by atoms with Crippen molar-refractivity contribution in [2.24, 2.45) is 0 Å². The topological polar surface area (TPSA) is 11.3 Å². The van der Waals surface area contributed by atoms with Crippen LogP contribution in [-0.4, -0.2) is 0 Å². The molecule has 0 atom stereocenters. The quantitative estimate of drug-likeness (QED) is 0.616. The largest absolute Gasteiger partial charge is 1.00 e. The average molecular weight is 287 g/mol. The molecule has 0 unspecified atom stereocenters. The van der Waals surface area contributed by atoms with Gasteiger partial charge < -0.3 is 17.0 Å². The Morgan fingerprint density at radius 1 is 0.647 bits per heavy atom. The smallest absolute Gasteiger partial charge is 0.360 e. The van der Waals surface area contributed by atoms with Crippen LogP contribution in [0.25, 0.3) is 22.3 Å². The Balaban J connectivity index is 0.00000108. The molecule has 3 rings (SSSR count). The summed E-state index contributed by atoms with van der Waals surface area (Å²) in [6.07, 6.45) is 0. The molecule has 0 aliphatic carbocycles. The third-order valence-electron chi connectivity index (χ3n) is 2.61. The molecule has 0 radical (unpaired) electrons. The van der Waals surface area contributed by atoms with Crippen LogP contribution in [-0.2, 0) is 0 Å². The van der Waals surface area contributed by atoms with E-state index in [0.29, 0.717) is 0 Å². The Kier molecular flexibility index (Phi) is 3.55. The number of fused-ring (bicyclic) bond motifs is 1. The molecule has 3 aromatic rings. The highest BCUT2D eigenvalue weighted by Crippen LogP contribution is 2.23. The molecule has 0 spiro atoms. The van der Waals surface area contributed by atoms with E-state index in [0.717, 1.165) is 22.3 Å². The molecule has 0 bridgehead atoms. The number of hydrogen-bond donors (Lipinski definition) is 0. The first-order valence-corrected chi connectivity index (χ1v) is 5.31. The minimum Gasteiger partial charge on any atom is -1.00 e. The normalized spacial score (nSPS) is 9.88. The van der Waals surface area contributed by atoms with E-state index in [4.69, 9.17) is 4.42 Å².